The molecule has 0 aromatic heterocycles. The zero-order chi connectivity index (χ0) is 14.4. The second-order valence-corrected chi connectivity index (χ2v) is 6.59. The van der Waals surface area contributed by atoms with Crippen LogP contribution in [-0.4, -0.2) is 47.7 Å². The van der Waals surface area contributed by atoms with E-state index in [4.69, 9.17) is 5.11 Å². The van der Waals surface area contributed by atoms with E-state index in [1.807, 2.05) is 0 Å². The van der Waals surface area contributed by atoms with Crippen LogP contribution in [0.3, 0.4) is 0 Å². The van der Waals surface area contributed by atoms with E-state index in [0.717, 1.165) is 38.3 Å². The maximum absolute atomic E-state index is 11.0. The molecule has 1 aliphatic carbocycles. The Morgan fingerprint density at radius 1 is 1.25 bits per heavy atom. The molecule has 1 aliphatic heterocycles. The second kappa shape index (κ2) is 7.99. The molecule has 0 aromatic carbocycles. The van der Waals surface area contributed by atoms with Crippen molar-refractivity contribution in [3.05, 3.63) is 0 Å². The van der Waals surface area contributed by atoms with E-state index in [9.17, 15) is 4.79 Å². The van der Waals surface area contributed by atoms with Gasteiger partial charge in [0, 0.05) is 12.1 Å². The lowest BCUT2D eigenvalue weighted by atomic mass is 9.86. The summed E-state index contributed by atoms with van der Waals surface area (Å²) in [5.74, 6) is -0.734. The molecule has 0 aromatic rings. The van der Waals surface area contributed by atoms with Gasteiger partial charge in [0.2, 0.25) is 0 Å². The Balaban J connectivity index is 1.59. The lowest BCUT2D eigenvalue weighted by molar-refractivity contribution is -0.143. The van der Waals surface area contributed by atoms with Crippen molar-refractivity contribution in [2.75, 3.05) is 19.6 Å². The summed E-state index contributed by atoms with van der Waals surface area (Å²) in [6.07, 6.45) is 9.13. The van der Waals surface area contributed by atoms with Gasteiger partial charge in [-0.25, -0.2) is 0 Å². The lowest BCUT2D eigenvalue weighted by Gasteiger charge is -2.33. The van der Waals surface area contributed by atoms with Crippen LogP contribution >= 0.6 is 0 Å². The van der Waals surface area contributed by atoms with Gasteiger partial charge in [-0.2, -0.15) is 0 Å². The number of carbonyl (C=O) groups is 1. The SMILES string of the molecule is CC1CCCCN1CCCNC1CCCC(C(=O)O)C1. The van der Waals surface area contributed by atoms with Gasteiger partial charge in [-0.3, -0.25) is 4.79 Å². The molecule has 1 saturated heterocycles. The van der Waals surface area contributed by atoms with Crippen molar-refractivity contribution in [3.8, 4) is 0 Å². The first kappa shape index (κ1) is 15.8. The quantitative estimate of drug-likeness (QED) is 0.735. The van der Waals surface area contributed by atoms with Gasteiger partial charge in [-0.15, -0.1) is 0 Å². The number of rotatable bonds is 6. The highest BCUT2D eigenvalue weighted by Gasteiger charge is 2.26. The average Bonchev–Trinajstić information content (AvgIpc) is 2.45. The smallest absolute Gasteiger partial charge is 0.306 e. The molecule has 0 amide bonds. The summed E-state index contributed by atoms with van der Waals surface area (Å²) in [4.78, 5) is 13.6. The molecule has 116 valence electrons. The number of nitrogens with zero attached hydrogens (tertiary/aromatic N) is 1. The van der Waals surface area contributed by atoms with Crippen molar-refractivity contribution in [2.45, 2.75) is 70.4 Å². The molecule has 2 aliphatic rings. The number of likely N-dealkylation sites (tertiary alicyclic amines) is 1. The molecule has 1 heterocycles. The van der Waals surface area contributed by atoms with Gasteiger partial charge in [0.05, 0.1) is 5.92 Å². The van der Waals surface area contributed by atoms with Crippen LogP contribution in [-0.2, 0) is 4.79 Å². The van der Waals surface area contributed by atoms with E-state index in [1.54, 1.807) is 0 Å². The fourth-order valence-electron chi connectivity index (χ4n) is 3.68. The van der Waals surface area contributed by atoms with Crippen LogP contribution in [0.25, 0.3) is 0 Å². The van der Waals surface area contributed by atoms with Crippen LogP contribution < -0.4 is 5.32 Å². The number of aliphatic carboxylic acids is 1. The van der Waals surface area contributed by atoms with Gasteiger partial charge < -0.3 is 15.3 Å². The first-order valence-electron chi connectivity index (χ1n) is 8.37. The zero-order valence-electron chi connectivity index (χ0n) is 12.8. The predicted molar refractivity (Wildman–Crippen MR) is 80.9 cm³/mol. The molecule has 0 bridgehead atoms. The fourth-order valence-corrected chi connectivity index (χ4v) is 3.68. The molecule has 2 N–H and O–H groups in total. The third kappa shape index (κ3) is 4.74. The molecule has 2 fully saturated rings. The van der Waals surface area contributed by atoms with Gasteiger partial charge in [0.15, 0.2) is 0 Å². The van der Waals surface area contributed by atoms with Crippen LogP contribution in [0.5, 0.6) is 0 Å². The van der Waals surface area contributed by atoms with Crippen molar-refractivity contribution in [1.82, 2.24) is 10.2 Å². The fraction of sp³-hybridized carbons (Fsp3) is 0.938. The highest BCUT2D eigenvalue weighted by molar-refractivity contribution is 5.70. The molecular weight excluding hydrogens is 252 g/mol. The molecule has 4 nitrogen and oxygen atoms in total. The minimum Gasteiger partial charge on any atom is -0.481 e. The summed E-state index contributed by atoms with van der Waals surface area (Å²) in [5.41, 5.74) is 0. The minimum absolute atomic E-state index is 0.122. The predicted octanol–water partition coefficient (Wildman–Crippen LogP) is 2.48. The van der Waals surface area contributed by atoms with E-state index in [-0.39, 0.29) is 5.92 Å². The van der Waals surface area contributed by atoms with Crippen LogP contribution in [0.4, 0.5) is 0 Å². The molecule has 20 heavy (non-hydrogen) atoms. The minimum atomic E-state index is -0.612. The maximum atomic E-state index is 11.0. The number of nitrogens with one attached hydrogen (secondary N) is 1. The van der Waals surface area contributed by atoms with Gasteiger partial charge in [-0.05, 0) is 65.1 Å². The van der Waals surface area contributed by atoms with E-state index < -0.39 is 5.97 Å². The summed E-state index contributed by atoms with van der Waals surface area (Å²) < 4.78 is 0. The number of hydrogen-bond acceptors (Lipinski definition) is 3. The number of carboxylic acids is 1. The first-order chi connectivity index (χ1) is 9.66. The molecule has 0 spiro atoms. The van der Waals surface area contributed by atoms with Crippen molar-refractivity contribution in [1.29, 1.82) is 0 Å². The van der Waals surface area contributed by atoms with Crippen molar-refractivity contribution >= 4 is 5.97 Å². The van der Waals surface area contributed by atoms with Crippen molar-refractivity contribution in [3.63, 3.8) is 0 Å². The third-order valence-electron chi connectivity index (χ3n) is 5.02. The molecule has 3 atom stereocenters. The second-order valence-electron chi connectivity index (χ2n) is 6.59. The van der Waals surface area contributed by atoms with E-state index in [1.165, 1.54) is 38.8 Å². The van der Waals surface area contributed by atoms with Crippen molar-refractivity contribution < 1.29 is 9.90 Å². The van der Waals surface area contributed by atoms with Crippen molar-refractivity contribution in [2.24, 2.45) is 5.92 Å². The number of carboxylic acid groups (broad SMARTS) is 1. The molecular formula is C16H30N2O2. The summed E-state index contributed by atoms with van der Waals surface area (Å²) in [5, 5.41) is 12.7. The highest BCUT2D eigenvalue weighted by Crippen LogP contribution is 2.24. The largest absolute Gasteiger partial charge is 0.481 e. The molecule has 1 saturated carbocycles. The molecule has 3 unspecified atom stereocenters. The lowest BCUT2D eigenvalue weighted by Crippen LogP contribution is -2.40. The van der Waals surface area contributed by atoms with Gasteiger partial charge >= 0.3 is 5.97 Å². The van der Waals surface area contributed by atoms with Crippen LogP contribution in [0.1, 0.15) is 58.3 Å². The molecule has 2 rings (SSSR count). The standard InChI is InChI=1S/C16H30N2O2/c1-13-6-2-3-10-18(13)11-5-9-17-15-8-4-7-14(12-15)16(19)20/h13-15,17H,2-12H2,1H3,(H,19,20). The van der Waals surface area contributed by atoms with Gasteiger partial charge in [0.1, 0.15) is 0 Å². The third-order valence-corrected chi connectivity index (χ3v) is 5.02. The van der Waals surface area contributed by atoms with E-state index >= 15 is 0 Å². The Bertz CT molecular complexity index is 309. The number of piperidine rings is 1. The monoisotopic (exact) mass is 282 g/mol. The Morgan fingerprint density at radius 3 is 2.85 bits per heavy atom. The Kier molecular flexibility index (Phi) is 6.30. The van der Waals surface area contributed by atoms with E-state index in [2.05, 4.69) is 17.1 Å². The summed E-state index contributed by atoms with van der Waals surface area (Å²) in [6.45, 7) is 5.81. The summed E-state index contributed by atoms with van der Waals surface area (Å²) in [7, 11) is 0. The molecule has 4 heteroatoms. The van der Waals surface area contributed by atoms with Crippen LogP contribution in [0, 0.1) is 5.92 Å². The maximum Gasteiger partial charge on any atom is 0.306 e. The normalized spacial score (nSPS) is 32.1. The average molecular weight is 282 g/mol. The molecule has 0 radical (unpaired) electrons. The van der Waals surface area contributed by atoms with Crippen LogP contribution in [0.15, 0.2) is 0 Å². The topological polar surface area (TPSA) is 52.6 Å². The first-order valence-corrected chi connectivity index (χ1v) is 8.37. The summed E-state index contributed by atoms with van der Waals surface area (Å²) in [6, 6.07) is 1.17. The zero-order valence-corrected chi connectivity index (χ0v) is 12.8. The summed E-state index contributed by atoms with van der Waals surface area (Å²) >= 11 is 0. The number of hydrogen-bond donors (Lipinski definition) is 2. The van der Waals surface area contributed by atoms with Crippen LogP contribution in [0.2, 0.25) is 0 Å². The highest BCUT2D eigenvalue weighted by atomic mass is 16.4. The van der Waals surface area contributed by atoms with Gasteiger partial charge in [-0.1, -0.05) is 12.8 Å². The van der Waals surface area contributed by atoms with E-state index in [0.29, 0.717) is 6.04 Å². The van der Waals surface area contributed by atoms with Gasteiger partial charge in [0.25, 0.3) is 0 Å². The Labute approximate surface area is 122 Å². The Hall–Kier alpha value is -0.610. The Morgan fingerprint density at radius 2 is 2.10 bits per heavy atom.